The molecule has 1 aromatic rings. The van der Waals surface area contributed by atoms with Gasteiger partial charge in [0, 0.05) is 12.2 Å². The summed E-state index contributed by atoms with van der Waals surface area (Å²) in [6, 6.07) is 8.63. The number of thiocarbonyl (C=S) groups is 1. The number of nitrogens with one attached hydrogen (secondary N) is 2. The zero-order chi connectivity index (χ0) is 17.5. The maximum atomic E-state index is 5.37. The quantitative estimate of drug-likeness (QED) is 0.316. The van der Waals surface area contributed by atoms with Gasteiger partial charge in [-0.15, -0.1) is 0 Å². The number of aryl methyl sites for hydroxylation is 1. The smallest absolute Gasteiger partial charge is 0.170 e. The number of rotatable bonds is 13. The summed E-state index contributed by atoms with van der Waals surface area (Å²) in [6.07, 6.45) is 14.4. The van der Waals surface area contributed by atoms with E-state index >= 15 is 0 Å². The minimum atomic E-state index is 0.735. The molecule has 1 rings (SSSR count). The predicted octanol–water partition coefficient (Wildman–Crippen LogP) is 6.46. The van der Waals surface area contributed by atoms with Crippen molar-refractivity contribution < 1.29 is 0 Å². The lowest BCUT2D eigenvalue weighted by atomic mass is 10.1. The average Bonchev–Trinajstić information content (AvgIpc) is 2.60. The molecule has 2 nitrogen and oxygen atoms in total. The fraction of sp³-hybridized carbons (Fsp3) is 0.667. The minimum absolute atomic E-state index is 0.735. The van der Waals surface area contributed by atoms with Crippen molar-refractivity contribution in [3.05, 3.63) is 29.8 Å². The summed E-state index contributed by atoms with van der Waals surface area (Å²) in [5.74, 6) is 0. The van der Waals surface area contributed by atoms with E-state index in [1.54, 1.807) is 0 Å². The molecular weight excluding hydrogens is 312 g/mol. The Morgan fingerprint density at radius 2 is 1.38 bits per heavy atom. The Morgan fingerprint density at radius 3 is 2.00 bits per heavy atom. The van der Waals surface area contributed by atoms with Crippen LogP contribution in [0.15, 0.2) is 24.3 Å². The topological polar surface area (TPSA) is 24.1 Å². The highest BCUT2D eigenvalue weighted by atomic mass is 32.1. The lowest BCUT2D eigenvalue weighted by Gasteiger charge is -2.11. The second kappa shape index (κ2) is 14.3. The first-order valence-corrected chi connectivity index (χ1v) is 10.3. The molecule has 0 radical (unpaired) electrons. The lowest BCUT2D eigenvalue weighted by Crippen LogP contribution is -2.29. The molecule has 0 heterocycles. The summed E-state index contributed by atoms with van der Waals surface area (Å²) in [6.45, 7) is 5.46. The van der Waals surface area contributed by atoms with Crippen molar-refractivity contribution in [2.75, 3.05) is 11.9 Å². The molecule has 24 heavy (non-hydrogen) atoms. The summed E-state index contributed by atoms with van der Waals surface area (Å²) < 4.78 is 0. The van der Waals surface area contributed by atoms with Crippen LogP contribution < -0.4 is 10.6 Å². The fourth-order valence-electron chi connectivity index (χ4n) is 2.77. The summed E-state index contributed by atoms with van der Waals surface area (Å²) in [7, 11) is 0. The van der Waals surface area contributed by atoms with E-state index < -0.39 is 0 Å². The van der Waals surface area contributed by atoms with Gasteiger partial charge in [-0.05, 0) is 49.2 Å². The van der Waals surface area contributed by atoms with E-state index in [4.69, 9.17) is 12.2 Å². The van der Waals surface area contributed by atoms with Gasteiger partial charge >= 0.3 is 0 Å². The Morgan fingerprint density at radius 1 is 0.792 bits per heavy atom. The van der Waals surface area contributed by atoms with Crippen LogP contribution in [0, 0.1) is 0 Å². The number of hydrogen-bond acceptors (Lipinski definition) is 1. The van der Waals surface area contributed by atoms with Gasteiger partial charge in [0.1, 0.15) is 0 Å². The van der Waals surface area contributed by atoms with Crippen molar-refractivity contribution in [2.24, 2.45) is 0 Å². The molecule has 0 saturated heterocycles. The van der Waals surface area contributed by atoms with E-state index in [-0.39, 0.29) is 0 Å². The number of benzene rings is 1. The van der Waals surface area contributed by atoms with Crippen LogP contribution in [0.4, 0.5) is 5.69 Å². The average molecular weight is 349 g/mol. The predicted molar refractivity (Wildman–Crippen MR) is 112 cm³/mol. The molecule has 0 spiro atoms. The second-order valence-corrected chi connectivity index (χ2v) is 7.06. The van der Waals surface area contributed by atoms with Gasteiger partial charge in [-0.2, -0.15) is 0 Å². The highest BCUT2D eigenvalue weighted by Crippen LogP contribution is 2.12. The molecule has 0 aromatic heterocycles. The highest BCUT2D eigenvalue weighted by Gasteiger charge is 1.98. The third-order valence-electron chi connectivity index (χ3n) is 4.35. The van der Waals surface area contributed by atoms with Crippen LogP contribution in [0.3, 0.4) is 0 Å². The van der Waals surface area contributed by atoms with Crippen molar-refractivity contribution in [2.45, 2.75) is 84.5 Å². The monoisotopic (exact) mass is 348 g/mol. The number of anilines is 1. The molecule has 0 saturated carbocycles. The highest BCUT2D eigenvalue weighted by molar-refractivity contribution is 7.80. The van der Waals surface area contributed by atoms with Crippen molar-refractivity contribution in [3.63, 3.8) is 0 Å². The number of unbranched alkanes of at least 4 members (excludes halogenated alkanes) is 8. The van der Waals surface area contributed by atoms with Crippen LogP contribution in [0.1, 0.15) is 83.6 Å². The zero-order valence-corrected chi connectivity index (χ0v) is 16.5. The normalized spacial score (nSPS) is 10.6. The van der Waals surface area contributed by atoms with Crippen LogP contribution in [0.5, 0.6) is 0 Å². The Hall–Kier alpha value is -1.09. The Labute approximate surface area is 154 Å². The molecule has 136 valence electrons. The summed E-state index contributed by atoms with van der Waals surface area (Å²) in [4.78, 5) is 0. The minimum Gasteiger partial charge on any atom is -0.362 e. The zero-order valence-electron chi connectivity index (χ0n) is 15.7. The third kappa shape index (κ3) is 10.6. The fourth-order valence-corrected chi connectivity index (χ4v) is 2.99. The van der Waals surface area contributed by atoms with Gasteiger partial charge in [0.25, 0.3) is 0 Å². The van der Waals surface area contributed by atoms with E-state index in [2.05, 4.69) is 48.7 Å². The van der Waals surface area contributed by atoms with Crippen LogP contribution in [0.2, 0.25) is 0 Å². The molecule has 0 unspecified atom stereocenters. The Kier molecular flexibility index (Phi) is 12.5. The van der Waals surface area contributed by atoms with Gasteiger partial charge in [-0.3, -0.25) is 0 Å². The van der Waals surface area contributed by atoms with Crippen molar-refractivity contribution in [3.8, 4) is 0 Å². The van der Waals surface area contributed by atoms with Gasteiger partial charge in [-0.25, -0.2) is 0 Å². The van der Waals surface area contributed by atoms with Gasteiger partial charge in [0.05, 0.1) is 0 Å². The van der Waals surface area contributed by atoms with Gasteiger partial charge < -0.3 is 10.6 Å². The van der Waals surface area contributed by atoms with Crippen molar-refractivity contribution in [1.29, 1.82) is 0 Å². The maximum absolute atomic E-state index is 5.37. The molecule has 1 aromatic carbocycles. The summed E-state index contributed by atoms with van der Waals surface area (Å²) in [5.41, 5.74) is 2.48. The van der Waals surface area contributed by atoms with E-state index in [1.165, 1.54) is 69.8 Å². The molecular formula is C21H36N2S. The lowest BCUT2D eigenvalue weighted by molar-refractivity contribution is 0.573. The molecule has 0 fully saturated rings. The largest absolute Gasteiger partial charge is 0.362 e. The van der Waals surface area contributed by atoms with Crippen molar-refractivity contribution >= 4 is 23.0 Å². The molecule has 0 amide bonds. The van der Waals surface area contributed by atoms with Gasteiger partial charge in [0.15, 0.2) is 5.11 Å². The third-order valence-corrected chi connectivity index (χ3v) is 4.59. The SMILES string of the molecule is CCCCCCCCCCNC(=S)Nc1ccc(CCCC)cc1. The van der Waals surface area contributed by atoms with Crippen LogP contribution in [0.25, 0.3) is 0 Å². The first-order valence-electron chi connectivity index (χ1n) is 9.90. The molecule has 0 aliphatic heterocycles. The van der Waals surface area contributed by atoms with Gasteiger partial charge in [0.2, 0.25) is 0 Å². The molecule has 0 aliphatic rings. The second-order valence-electron chi connectivity index (χ2n) is 6.66. The van der Waals surface area contributed by atoms with E-state index in [9.17, 15) is 0 Å². The molecule has 2 N–H and O–H groups in total. The van der Waals surface area contributed by atoms with Gasteiger partial charge in [-0.1, -0.05) is 77.3 Å². The first kappa shape index (κ1) is 21.0. The molecule has 0 bridgehead atoms. The van der Waals surface area contributed by atoms with Crippen LogP contribution in [-0.4, -0.2) is 11.7 Å². The van der Waals surface area contributed by atoms with E-state index in [0.29, 0.717) is 0 Å². The summed E-state index contributed by atoms with van der Waals surface area (Å²) >= 11 is 5.37. The summed E-state index contributed by atoms with van der Waals surface area (Å²) in [5, 5.41) is 7.32. The molecule has 0 atom stereocenters. The first-order chi connectivity index (χ1) is 11.8. The standard InChI is InChI=1S/C21H36N2S/c1-3-5-7-8-9-10-11-12-18-22-21(24)23-20-16-14-19(15-17-20)13-6-4-2/h14-17H,3-13,18H2,1-2H3,(H2,22,23,24). The Balaban J connectivity index is 2.05. The van der Waals surface area contributed by atoms with Crippen LogP contribution >= 0.6 is 12.2 Å². The number of hydrogen-bond donors (Lipinski definition) is 2. The van der Waals surface area contributed by atoms with E-state index in [1.807, 2.05) is 0 Å². The molecule has 3 heteroatoms. The Bertz CT molecular complexity index is 428. The van der Waals surface area contributed by atoms with Crippen LogP contribution in [-0.2, 0) is 6.42 Å². The van der Waals surface area contributed by atoms with Crippen molar-refractivity contribution in [1.82, 2.24) is 5.32 Å². The van der Waals surface area contributed by atoms with E-state index in [0.717, 1.165) is 23.8 Å². The maximum Gasteiger partial charge on any atom is 0.170 e. The molecule has 0 aliphatic carbocycles.